The largest absolute Gasteiger partial charge is 0.508 e. The lowest BCUT2D eigenvalue weighted by Crippen LogP contribution is -2.31. The summed E-state index contributed by atoms with van der Waals surface area (Å²) < 4.78 is 2.09. The Morgan fingerprint density at radius 2 is 1.76 bits per heavy atom. The minimum Gasteiger partial charge on any atom is -0.508 e. The van der Waals surface area contributed by atoms with Crippen LogP contribution in [0.2, 0.25) is 0 Å². The Labute approximate surface area is 169 Å². The second-order valence-electron chi connectivity index (χ2n) is 8.55. The van der Waals surface area contributed by atoms with Gasteiger partial charge in [-0.3, -0.25) is 0 Å². The molecule has 2 aromatic rings. The average Bonchev–Trinajstić information content (AvgIpc) is 3.26. The highest BCUT2D eigenvalue weighted by molar-refractivity contribution is 6.00. The van der Waals surface area contributed by atoms with Crippen molar-refractivity contribution in [3.05, 3.63) is 100 Å². The Kier molecular flexibility index (Phi) is 3.12. The van der Waals surface area contributed by atoms with Gasteiger partial charge >= 0.3 is 0 Å². The van der Waals surface area contributed by atoms with Gasteiger partial charge in [-0.25, -0.2) is 0 Å². The van der Waals surface area contributed by atoms with Crippen molar-refractivity contribution in [2.45, 2.75) is 19.3 Å². The Balaban J connectivity index is 1.64. The molecular weight excluding hydrogens is 354 g/mol. The molecule has 2 heteroatoms. The number of phenols is 1. The van der Waals surface area contributed by atoms with Crippen LogP contribution in [0.25, 0.3) is 34.5 Å². The summed E-state index contributed by atoms with van der Waals surface area (Å²) in [5, 5.41) is 12.5. The molecule has 0 atom stereocenters. The third-order valence-electron chi connectivity index (χ3n) is 6.38. The molecule has 2 nitrogen and oxygen atoms in total. The highest BCUT2D eigenvalue weighted by atomic mass is 16.3. The predicted octanol–water partition coefficient (Wildman–Crippen LogP) is 4.61. The first kappa shape index (κ1) is 16.4. The van der Waals surface area contributed by atoms with Crippen LogP contribution in [0, 0.1) is 0 Å². The maximum absolute atomic E-state index is 9.89. The van der Waals surface area contributed by atoms with Gasteiger partial charge in [-0.05, 0) is 74.7 Å². The van der Waals surface area contributed by atoms with Crippen molar-refractivity contribution in [2.75, 3.05) is 0 Å². The van der Waals surface area contributed by atoms with E-state index in [-0.39, 0.29) is 11.2 Å². The van der Waals surface area contributed by atoms with E-state index in [1.807, 2.05) is 12.1 Å². The van der Waals surface area contributed by atoms with Crippen molar-refractivity contribution >= 4 is 17.7 Å². The van der Waals surface area contributed by atoms with Gasteiger partial charge in [-0.2, -0.15) is 0 Å². The summed E-state index contributed by atoms with van der Waals surface area (Å²) in [5.74, 6) is 0.279. The molecule has 1 N–H and O–H groups in total. The fourth-order valence-corrected chi connectivity index (χ4v) is 5.21. The van der Waals surface area contributed by atoms with E-state index in [0.29, 0.717) is 0 Å². The van der Waals surface area contributed by atoms with E-state index in [0.717, 1.165) is 5.69 Å². The number of rotatable bonds is 1. The fourth-order valence-electron chi connectivity index (χ4n) is 5.21. The molecule has 0 fully saturated rings. The summed E-state index contributed by atoms with van der Waals surface area (Å²) in [5.41, 5.74) is 8.82. The molecule has 3 aliphatic carbocycles. The lowest BCUT2D eigenvalue weighted by Gasteiger charge is -2.33. The molecule has 0 saturated heterocycles. The first-order chi connectivity index (χ1) is 14.0. The Bertz CT molecular complexity index is 1430. The highest BCUT2D eigenvalue weighted by Gasteiger charge is 2.38. The van der Waals surface area contributed by atoms with Crippen molar-refractivity contribution < 1.29 is 5.11 Å². The van der Waals surface area contributed by atoms with Crippen LogP contribution < -0.4 is 10.4 Å². The third kappa shape index (κ3) is 2.23. The lowest BCUT2D eigenvalue weighted by atomic mass is 9.70. The molecule has 4 aliphatic rings. The highest BCUT2D eigenvalue weighted by Crippen LogP contribution is 2.50. The summed E-state index contributed by atoms with van der Waals surface area (Å²) in [6.45, 7) is 4.68. The number of pyridine rings is 1. The molecule has 140 valence electrons. The summed E-state index contributed by atoms with van der Waals surface area (Å²) in [6.07, 6.45) is 8.93. The zero-order valence-electron chi connectivity index (χ0n) is 16.5. The van der Waals surface area contributed by atoms with Crippen LogP contribution in [0.3, 0.4) is 0 Å². The van der Waals surface area contributed by atoms with Crippen LogP contribution in [0.4, 0.5) is 0 Å². The van der Waals surface area contributed by atoms with Crippen LogP contribution in [0.1, 0.15) is 25.0 Å². The van der Waals surface area contributed by atoms with E-state index in [9.17, 15) is 5.11 Å². The van der Waals surface area contributed by atoms with Gasteiger partial charge in [0, 0.05) is 35.1 Å². The molecule has 1 heterocycles. The van der Waals surface area contributed by atoms with E-state index in [1.54, 1.807) is 12.1 Å². The van der Waals surface area contributed by atoms with Gasteiger partial charge in [0.05, 0.1) is 0 Å². The van der Waals surface area contributed by atoms with E-state index in [2.05, 4.69) is 79.4 Å². The van der Waals surface area contributed by atoms with Crippen LogP contribution in [0.5, 0.6) is 5.75 Å². The van der Waals surface area contributed by atoms with Crippen LogP contribution in [-0.4, -0.2) is 9.67 Å². The Morgan fingerprint density at radius 3 is 2.62 bits per heavy atom. The molecule has 0 spiro atoms. The van der Waals surface area contributed by atoms with Crippen LogP contribution >= 0.6 is 0 Å². The van der Waals surface area contributed by atoms with Crippen molar-refractivity contribution in [2.24, 2.45) is 0 Å². The number of allylic oxidation sites excluding steroid dienone is 1. The molecule has 0 unspecified atom stereocenters. The number of hydrogen-bond donors (Lipinski definition) is 1. The van der Waals surface area contributed by atoms with E-state index in [4.69, 9.17) is 0 Å². The molecule has 0 radical (unpaired) electrons. The lowest BCUT2D eigenvalue weighted by molar-refractivity contribution is 0.475. The van der Waals surface area contributed by atoms with Crippen molar-refractivity contribution in [3.63, 3.8) is 0 Å². The number of phenolic OH excluding ortho intramolecular Hbond substituents is 1. The molecule has 0 bridgehead atoms. The van der Waals surface area contributed by atoms with Gasteiger partial charge < -0.3 is 9.67 Å². The van der Waals surface area contributed by atoms with Crippen molar-refractivity contribution in [1.29, 1.82) is 0 Å². The molecule has 2 aromatic carbocycles. The molecular formula is C27H21NO. The number of nitrogens with zero attached hydrogens (tertiary/aromatic N) is 1. The minimum absolute atomic E-state index is 0.0950. The van der Waals surface area contributed by atoms with E-state index >= 15 is 0 Å². The summed E-state index contributed by atoms with van der Waals surface area (Å²) >= 11 is 0. The SMILES string of the molecule is CC1(C)C2=c3ccccc3=CC2=Cc2cc3ccn(-c4cccc(O)c4)cc-3c21. The molecule has 0 saturated carbocycles. The van der Waals surface area contributed by atoms with E-state index in [1.165, 1.54) is 43.8 Å². The standard InChI is InChI=1S/C27H21NO/c1-27(2)25-19(12-17-6-3-4-9-23(17)25)14-20-13-18-10-11-28(16-24(18)26(20)27)21-7-5-8-22(29)15-21/h3-16,29H,1-2H3. The van der Waals surface area contributed by atoms with Crippen LogP contribution in [0.15, 0.2) is 78.6 Å². The van der Waals surface area contributed by atoms with Gasteiger partial charge in [0.25, 0.3) is 0 Å². The molecule has 29 heavy (non-hydrogen) atoms. The Morgan fingerprint density at radius 1 is 0.897 bits per heavy atom. The Hall–Kier alpha value is -3.52. The minimum atomic E-state index is -0.0950. The summed E-state index contributed by atoms with van der Waals surface area (Å²) in [4.78, 5) is 0. The number of aromatic hydroxyl groups is 1. The van der Waals surface area contributed by atoms with Crippen molar-refractivity contribution in [3.8, 4) is 22.6 Å². The zero-order valence-corrected chi connectivity index (χ0v) is 16.5. The summed E-state index contributed by atoms with van der Waals surface area (Å²) in [6, 6.07) is 20.6. The smallest absolute Gasteiger partial charge is 0.117 e. The first-order valence-electron chi connectivity index (χ1n) is 10.0. The van der Waals surface area contributed by atoms with Crippen molar-refractivity contribution in [1.82, 2.24) is 4.57 Å². The number of hydrogen-bond acceptors (Lipinski definition) is 1. The first-order valence-corrected chi connectivity index (χ1v) is 10.0. The normalized spacial score (nSPS) is 16.1. The zero-order chi connectivity index (χ0) is 19.8. The topological polar surface area (TPSA) is 25.2 Å². The van der Waals surface area contributed by atoms with Gasteiger partial charge in [0.15, 0.2) is 0 Å². The second kappa shape index (κ2) is 5.51. The van der Waals surface area contributed by atoms with Gasteiger partial charge in [0.2, 0.25) is 0 Å². The average molecular weight is 375 g/mol. The molecule has 0 aromatic heterocycles. The monoisotopic (exact) mass is 375 g/mol. The number of fused-ring (bicyclic) bond motifs is 5. The van der Waals surface area contributed by atoms with Crippen LogP contribution in [-0.2, 0) is 5.41 Å². The molecule has 6 rings (SSSR count). The van der Waals surface area contributed by atoms with Gasteiger partial charge in [0.1, 0.15) is 5.75 Å². The van der Waals surface area contributed by atoms with Gasteiger partial charge in [-0.1, -0.05) is 44.2 Å². The molecule has 1 aliphatic heterocycles. The van der Waals surface area contributed by atoms with Gasteiger partial charge in [-0.15, -0.1) is 0 Å². The maximum Gasteiger partial charge on any atom is 0.117 e. The number of benzene rings is 2. The predicted molar refractivity (Wildman–Crippen MR) is 119 cm³/mol. The maximum atomic E-state index is 9.89. The second-order valence-corrected chi connectivity index (χ2v) is 8.55. The number of aromatic nitrogens is 1. The quantitative estimate of drug-likeness (QED) is 0.516. The fraction of sp³-hybridized carbons (Fsp3) is 0.111. The molecule has 0 amide bonds. The van der Waals surface area contributed by atoms with E-state index < -0.39 is 0 Å². The summed E-state index contributed by atoms with van der Waals surface area (Å²) in [7, 11) is 0. The third-order valence-corrected chi connectivity index (χ3v) is 6.38.